The van der Waals surface area contributed by atoms with E-state index >= 15 is 0 Å². The average molecular weight is 475 g/mol. The molecule has 2 aromatic heterocycles. The van der Waals surface area contributed by atoms with Crippen molar-refractivity contribution < 1.29 is 14.3 Å². The van der Waals surface area contributed by atoms with Crippen LogP contribution >= 0.6 is 11.8 Å². The minimum absolute atomic E-state index is 0.0277. The van der Waals surface area contributed by atoms with Gasteiger partial charge in [-0.25, -0.2) is 0 Å². The van der Waals surface area contributed by atoms with Gasteiger partial charge in [-0.2, -0.15) is 0 Å². The van der Waals surface area contributed by atoms with Crippen LogP contribution < -0.4 is 15.6 Å². The first kappa shape index (κ1) is 23.0. The summed E-state index contributed by atoms with van der Waals surface area (Å²) in [6.07, 6.45) is 3.40. The Morgan fingerprint density at radius 3 is 2.44 bits per heavy atom. The first-order valence-electron chi connectivity index (χ1n) is 10.3. The monoisotopic (exact) mass is 474 g/mol. The fraction of sp³-hybridized carbons (Fsp3) is 0.125. The van der Waals surface area contributed by atoms with E-state index in [0.29, 0.717) is 22.3 Å². The molecule has 2 heterocycles. The molecule has 2 amide bonds. The molecule has 0 bridgehead atoms. The smallest absolute Gasteiger partial charge is 0.269 e. The Balaban J connectivity index is 1.45. The lowest BCUT2D eigenvalue weighted by molar-refractivity contribution is -0.119. The first-order valence-corrected chi connectivity index (χ1v) is 11.3. The molecule has 0 aliphatic rings. The van der Waals surface area contributed by atoms with E-state index in [1.807, 2.05) is 47.9 Å². The van der Waals surface area contributed by atoms with Gasteiger partial charge in [-0.3, -0.25) is 30.0 Å². The maximum Gasteiger partial charge on any atom is 0.269 e. The second-order valence-corrected chi connectivity index (χ2v) is 8.18. The molecule has 0 fully saturated rings. The summed E-state index contributed by atoms with van der Waals surface area (Å²) in [5.74, 6) is 0.476. The van der Waals surface area contributed by atoms with Gasteiger partial charge in [-0.15, -0.1) is 10.2 Å². The number of methoxy groups -OCH3 is 1. The van der Waals surface area contributed by atoms with E-state index in [2.05, 4.69) is 26.0 Å². The summed E-state index contributed by atoms with van der Waals surface area (Å²) in [7, 11) is 1.55. The first-order chi connectivity index (χ1) is 16.5. The van der Waals surface area contributed by atoms with Crippen molar-refractivity contribution in [1.82, 2.24) is 30.6 Å². The highest BCUT2D eigenvalue weighted by atomic mass is 32.2. The van der Waals surface area contributed by atoms with E-state index < -0.39 is 5.91 Å². The molecule has 0 radical (unpaired) electrons. The maximum absolute atomic E-state index is 12.4. The lowest BCUT2D eigenvalue weighted by atomic mass is 10.2. The molecule has 0 saturated carbocycles. The summed E-state index contributed by atoms with van der Waals surface area (Å²) in [5, 5.41) is 9.16. The number of nitrogens with one attached hydrogen (secondary N) is 2. The number of amides is 2. The predicted molar refractivity (Wildman–Crippen MR) is 129 cm³/mol. The van der Waals surface area contributed by atoms with Crippen molar-refractivity contribution in [1.29, 1.82) is 0 Å². The van der Waals surface area contributed by atoms with Gasteiger partial charge < -0.3 is 4.74 Å². The topological polar surface area (TPSA) is 111 Å². The standard InChI is InChI=1S/C24H22N6O3S/c1-16-5-9-19(10-6-16)30-22(18-4-3-13-25-14-18)27-29-24(30)34-15-21(31)26-28-23(32)17-7-11-20(33-2)12-8-17/h3-14H,15H2,1-2H3,(H,26,31)(H,28,32). The van der Waals surface area contributed by atoms with Crippen molar-refractivity contribution in [3.05, 3.63) is 84.2 Å². The van der Waals surface area contributed by atoms with Gasteiger partial charge in [-0.05, 0) is 55.5 Å². The number of rotatable bonds is 7. The number of carbonyl (C=O) groups excluding carboxylic acids is 2. The molecule has 2 N–H and O–H groups in total. The number of thioether (sulfide) groups is 1. The van der Waals surface area contributed by atoms with Crippen molar-refractivity contribution in [3.8, 4) is 22.8 Å². The Hall–Kier alpha value is -4.18. The summed E-state index contributed by atoms with van der Waals surface area (Å²) in [6.45, 7) is 2.01. The van der Waals surface area contributed by atoms with Crippen LogP contribution in [0.25, 0.3) is 17.1 Å². The van der Waals surface area contributed by atoms with Gasteiger partial charge in [-0.1, -0.05) is 29.5 Å². The minimum Gasteiger partial charge on any atom is -0.497 e. The van der Waals surface area contributed by atoms with Crippen LogP contribution in [0.1, 0.15) is 15.9 Å². The fourth-order valence-electron chi connectivity index (χ4n) is 3.08. The van der Waals surface area contributed by atoms with Crippen molar-refractivity contribution >= 4 is 23.6 Å². The molecule has 0 unspecified atom stereocenters. The number of hydrazine groups is 1. The number of aromatic nitrogens is 4. The highest BCUT2D eigenvalue weighted by molar-refractivity contribution is 7.99. The molecule has 9 nitrogen and oxygen atoms in total. The molecule has 4 rings (SSSR count). The summed E-state index contributed by atoms with van der Waals surface area (Å²) in [5.41, 5.74) is 8.03. The minimum atomic E-state index is -0.428. The number of hydrogen-bond donors (Lipinski definition) is 2. The van der Waals surface area contributed by atoms with Crippen LogP contribution in [0.3, 0.4) is 0 Å². The van der Waals surface area contributed by atoms with Gasteiger partial charge in [0, 0.05) is 29.2 Å². The van der Waals surface area contributed by atoms with E-state index in [4.69, 9.17) is 4.74 Å². The van der Waals surface area contributed by atoms with Gasteiger partial charge in [0.05, 0.1) is 12.9 Å². The fourth-order valence-corrected chi connectivity index (χ4v) is 3.83. The van der Waals surface area contributed by atoms with E-state index in [9.17, 15) is 9.59 Å². The Morgan fingerprint density at radius 1 is 1.00 bits per heavy atom. The van der Waals surface area contributed by atoms with Gasteiger partial charge >= 0.3 is 0 Å². The Morgan fingerprint density at radius 2 is 1.76 bits per heavy atom. The van der Waals surface area contributed by atoms with Crippen LogP contribution in [0.4, 0.5) is 0 Å². The lowest BCUT2D eigenvalue weighted by Gasteiger charge is -2.11. The molecule has 0 saturated heterocycles. The number of pyridine rings is 1. The predicted octanol–water partition coefficient (Wildman–Crippen LogP) is 3.20. The highest BCUT2D eigenvalue weighted by Gasteiger charge is 2.18. The summed E-state index contributed by atoms with van der Waals surface area (Å²) >= 11 is 1.21. The van der Waals surface area contributed by atoms with Gasteiger partial charge in [0.1, 0.15) is 5.75 Å². The highest BCUT2D eigenvalue weighted by Crippen LogP contribution is 2.27. The number of hydrogen-bond acceptors (Lipinski definition) is 7. The number of nitrogens with zero attached hydrogens (tertiary/aromatic N) is 4. The zero-order valence-electron chi connectivity index (χ0n) is 18.6. The van der Waals surface area contributed by atoms with Gasteiger partial charge in [0.15, 0.2) is 11.0 Å². The van der Waals surface area contributed by atoms with Crippen molar-refractivity contribution in [3.63, 3.8) is 0 Å². The van der Waals surface area contributed by atoms with Crippen molar-refractivity contribution in [2.24, 2.45) is 0 Å². The van der Waals surface area contributed by atoms with Crippen LogP contribution in [-0.4, -0.2) is 44.4 Å². The second kappa shape index (κ2) is 10.6. The molecule has 0 spiro atoms. The third-order valence-corrected chi connectivity index (χ3v) is 5.77. The molecular formula is C24H22N6O3S. The molecule has 34 heavy (non-hydrogen) atoms. The van der Waals surface area contributed by atoms with Crippen molar-refractivity contribution in [2.75, 3.05) is 12.9 Å². The Bertz CT molecular complexity index is 1270. The molecule has 0 aliphatic carbocycles. The zero-order chi connectivity index (χ0) is 23.9. The number of benzene rings is 2. The van der Waals surface area contributed by atoms with E-state index in [0.717, 1.165) is 16.8 Å². The lowest BCUT2D eigenvalue weighted by Crippen LogP contribution is -2.42. The third-order valence-electron chi connectivity index (χ3n) is 4.85. The maximum atomic E-state index is 12.4. The number of aryl methyl sites for hydroxylation is 1. The number of carbonyl (C=O) groups is 2. The summed E-state index contributed by atoms with van der Waals surface area (Å²) < 4.78 is 6.96. The summed E-state index contributed by atoms with van der Waals surface area (Å²) in [4.78, 5) is 28.8. The molecule has 0 aliphatic heterocycles. The van der Waals surface area contributed by atoms with Crippen LogP contribution in [0, 0.1) is 6.92 Å². The molecule has 0 atom stereocenters. The Kier molecular flexibility index (Phi) is 7.19. The molecular weight excluding hydrogens is 452 g/mol. The van der Waals surface area contributed by atoms with Crippen LogP contribution in [0.2, 0.25) is 0 Å². The van der Waals surface area contributed by atoms with Crippen LogP contribution in [0.5, 0.6) is 5.75 Å². The van der Waals surface area contributed by atoms with E-state index in [-0.39, 0.29) is 11.7 Å². The average Bonchev–Trinajstić information content (AvgIpc) is 3.31. The molecule has 2 aromatic carbocycles. The normalized spacial score (nSPS) is 10.5. The third kappa shape index (κ3) is 5.41. The summed E-state index contributed by atoms with van der Waals surface area (Å²) in [6, 6.07) is 18.2. The van der Waals surface area contributed by atoms with Gasteiger partial charge in [0.25, 0.3) is 5.91 Å². The zero-order valence-corrected chi connectivity index (χ0v) is 19.4. The SMILES string of the molecule is COc1ccc(C(=O)NNC(=O)CSc2nnc(-c3cccnc3)n2-c2ccc(C)cc2)cc1. The second-order valence-electron chi connectivity index (χ2n) is 7.24. The van der Waals surface area contributed by atoms with E-state index in [1.54, 1.807) is 43.8 Å². The molecule has 172 valence electrons. The molecule has 4 aromatic rings. The quantitative estimate of drug-likeness (QED) is 0.313. The van der Waals surface area contributed by atoms with Crippen LogP contribution in [0.15, 0.2) is 78.2 Å². The van der Waals surface area contributed by atoms with E-state index in [1.165, 1.54) is 11.8 Å². The largest absolute Gasteiger partial charge is 0.497 e. The number of ether oxygens (including phenoxy) is 1. The van der Waals surface area contributed by atoms with Gasteiger partial charge in [0.2, 0.25) is 5.91 Å². The molecule has 10 heteroatoms. The Labute approximate surface area is 200 Å². The van der Waals surface area contributed by atoms with Crippen LogP contribution in [-0.2, 0) is 4.79 Å². The van der Waals surface area contributed by atoms with Crippen molar-refractivity contribution in [2.45, 2.75) is 12.1 Å².